The van der Waals surface area contributed by atoms with E-state index in [1.54, 1.807) is 12.1 Å². The maximum atomic E-state index is 12.0. The number of amides is 1. The van der Waals surface area contributed by atoms with E-state index in [0.717, 1.165) is 0 Å². The summed E-state index contributed by atoms with van der Waals surface area (Å²) in [4.78, 5) is 23.3. The van der Waals surface area contributed by atoms with Crippen molar-refractivity contribution < 1.29 is 19.4 Å². The fraction of sp³-hybridized carbons (Fsp3) is 0.385. The molecule has 0 bridgehead atoms. The topological polar surface area (TPSA) is 75.6 Å². The number of ether oxygens (including phenoxy) is 1. The lowest BCUT2D eigenvalue weighted by Gasteiger charge is -2.21. The van der Waals surface area contributed by atoms with Crippen molar-refractivity contribution in [2.45, 2.75) is 12.8 Å². The van der Waals surface area contributed by atoms with Gasteiger partial charge in [-0.15, -0.1) is 0 Å². The first-order chi connectivity index (χ1) is 9.43. The summed E-state index contributed by atoms with van der Waals surface area (Å²) in [6.07, 6.45) is 0.172. The van der Waals surface area contributed by atoms with Crippen LogP contribution in [0.15, 0.2) is 18.2 Å². The van der Waals surface area contributed by atoms with E-state index in [-0.39, 0.29) is 13.0 Å². The third-order valence-electron chi connectivity index (χ3n) is 3.26. The smallest absolute Gasteiger partial charge is 0.312 e. The number of halogens is 2. The summed E-state index contributed by atoms with van der Waals surface area (Å²) in [6.45, 7) is 0.394. The van der Waals surface area contributed by atoms with Gasteiger partial charge < -0.3 is 15.2 Å². The summed E-state index contributed by atoms with van der Waals surface area (Å²) in [5.41, 5.74) is -0.747. The van der Waals surface area contributed by atoms with Crippen molar-refractivity contribution in [2.75, 3.05) is 18.5 Å². The van der Waals surface area contributed by atoms with Crippen LogP contribution in [0, 0.1) is 5.41 Å². The molecule has 1 aliphatic heterocycles. The average molecular weight is 318 g/mol. The van der Waals surface area contributed by atoms with Gasteiger partial charge >= 0.3 is 5.97 Å². The average Bonchev–Trinajstić information content (AvgIpc) is 2.82. The maximum Gasteiger partial charge on any atom is 0.312 e. The Hall–Kier alpha value is -1.30. The Balaban J connectivity index is 2.07. The summed E-state index contributed by atoms with van der Waals surface area (Å²) >= 11 is 11.7. The quantitative estimate of drug-likeness (QED) is 0.895. The van der Waals surface area contributed by atoms with Gasteiger partial charge in [-0.3, -0.25) is 9.59 Å². The van der Waals surface area contributed by atoms with Gasteiger partial charge in [-0.2, -0.15) is 0 Å². The van der Waals surface area contributed by atoms with E-state index in [1.807, 2.05) is 0 Å². The van der Waals surface area contributed by atoms with Crippen molar-refractivity contribution in [3.05, 3.63) is 28.2 Å². The van der Waals surface area contributed by atoms with Crippen molar-refractivity contribution in [1.29, 1.82) is 0 Å². The molecule has 1 aromatic rings. The third kappa shape index (κ3) is 3.23. The highest BCUT2D eigenvalue weighted by Gasteiger charge is 2.44. The van der Waals surface area contributed by atoms with Gasteiger partial charge in [-0.25, -0.2) is 0 Å². The highest BCUT2D eigenvalue weighted by molar-refractivity contribution is 6.36. The second-order valence-electron chi connectivity index (χ2n) is 4.74. The van der Waals surface area contributed by atoms with Crippen LogP contribution in [0.1, 0.15) is 12.8 Å². The standard InChI is InChI=1S/C13H13Cl2NO4/c14-8-1-2-10(9(15)5-8)16-11(17)6-13(12(18)19)3-4-20-7-13/h1-2,5H,3-4,6-7H2,(H,16,17)(H,18,19). The Morgan fingerprint density at radius 2 is 2.15 bits per heavy atom. The molecule has 0 aromatic heterocycles. The number of carbonyl (C=O) groups is 2. The van der Waals surface area contributed by atoms with Crippen LogP contribution >= 0.6 is 23.2 Å². The fourth-order valence-corrected chi connectivity index (χ4v) is 2.54. The van der Waals surface area contributed by atoms with Gasteiger partial charge in [0.15, 0.2) is 0 Å². The van der Waals surface area contributed by atoms with Gasteiger partial charge in [-0.05, 0) is 24.6 Å². The van der Waals surface area contributed by atoms with Gasteiger partial charge in [-0.1, -0.05) is 23.2 Å². The molecular formula is C13H13Cl2NO4. The molecule has 0 aliphatic carbocycles. The Bertz CT molecular complexity index is 541. The normalized spacial score (nSPS) is 21.7. The molecule has 1 amide bonds. The molecule has 1 aromatic carbocycles. The van der Waals surface area contributed by atoms with E-state index in [9.17, 15) is 14.7 Å². The van der Waals surface area contributed by atoms with E-state index in [0.29, 0.717) is 28.8 Å². The van der Waals surface area contributed by atoms with Crippen LogP contribution in [-0.2, 0) is 14.3 Å². The first-order valence-electron chi connectivity index (χ1n) is 5.99. The van der Waals surface area contributed by atoms with Gasteiger partial charge in [0, 0.05) is 18.1 Å². The highest BCUT2D eigenvalue weighted by atomic mass is 35.5. The van der Waals surface area contributed by atoms with Crippen LogP contribution < -0.4 is 5.32 Å². The minimum Gasteiger partial charge on any atom is -0.481 e. The maximum absolute atomic E-state index is 12.0. The number of carboxylic acid groups (broad SMARTS) is 1. The first kappa shape index (κ1) is 15.1. The summed E-state index contributed by atoms with van der Waals surface area (Å²) in [6, 6.07) is 4.67. The number of nitrogens with one attached hydrogen (secondary N) is 1. The summed E-state index contributed by atoms with van der Waals surface area (Å²) in [5.74, 6) is -1.44. The van der Waals surface area contributed by atoms with Gasteiger partial charge in [0.05, 0.1) is 17.3 Å². The van der Waals surface area contributed by atoms with Gasteiger partial charge in [0.2, 0.25) is 5.91 Å². The molecule has 7 heteroatoms. The van der Waals surface area contributed by atoms with E-state index >= 15 is 0 Å². The predicted octanol–water partition coefficient (Wildman–Crippen LogP) is 2.81. The summed E-state index contributed by atoms with van der Waals surface area (Å²) < 4.78 is 5.11. The highest BCUT2D eigenvalue weighted by Crippen LogP contribution is 2.34. The SMILES string of the molecule is O=C(CC1(C(=O)O)CCOC1)Nc1ccc(Cl)cc1Cl. The molecule has 1 atom stereocenters. The molecule has 20 heavy (non-hydrogen) atoms. The Labute approximate surface area is 125 Å². The number of rotatable bonds is 4. The van der Waals surface area contributed by atoms with Crippen LogP contribution in [0.5, 0.6) is 0 Å². The number of carboxylic acids is 1. The van der Waals surface area contributed by atoms with Crippen LogP contribution in [0.2, 0.25) is 10.0 Å². The zero-order valence-electron chi connectivity index (χ0n) is 10.5. The lowest BCUT2D eigenvalue weighted by Crippen LogP contribution is -2.35. The van der Waals surface area contributed by atoms with Crippen molar-refractivity contribution in [3.63, 3.8) is 0 Å². The molecule has 0 spiro atoms. The van der Waals surface area contributed by atoms with Crippen LogP contribution in [-0.4, -0.2) is 30.2 Å². The molecule has 2 N–H and O–H groups in total. The number of hydrogen-bond acceptors (Lipinski definition) is 3. The molecule has 1 aliphatic rings. The molecule has 1 fully saturated rings. The Kier molecular flexibility index (Phi) is 4.52. The summed E-state index contributed by atoms with van der Waals surface area (Å²) in [7, 11) is 0. The van der Waals surface area contributed by atoms with Crippen molar-refractivity contribution in [3.8, 4) is 0 Å². The zero-order chi connectivity index (χ0) is 14.8. The van der Waals surface area contributed by atoms with Crippen LogP contribution in [0.3, 0.4) is 0 Å². The molecular weight excluding hydrogens is 305 g/mol. The number of aliphatic carboxylic acids is 1. The molecule has 1 saturated heterocycles. The van der Waals surface area contributed by atoms with Crippen LogP contribution in [0.25, 0.3) is 0 Å². The lowest BCUT2D eigenvalue weighted by atomic mass is 9.83. The first-order valence-corrected chi connectivity index (χ1v) is 6.75. The molecule has 108 valence electrons. The molecule has 0 saturated carbocycles. The zero-order valence-corrected chi connectivity index (χ0v) is 12.0. The van der Waals surface area contributed by atoms with Gasteiger partial charge in [0.1, 0.15) is 5.41 Å². The van der Waals surface area contributed by atoms with E-state index in [1.165, 1.54) is 6.07 Å². The Morgan fingerprint density at radius 1 is 1.40 bits per heavy atom. The minimum atomic E-state index is -1.15. The van der Waals surface area contributed by atoms with E-state index in [4.69, 9.17) is 27.9 Å². The van der Waals surface area contributed by atoms with E-state index < -0.39 is 17.3 Å². The number of hydrogen-bond donors (Lipinski definition) is 2. The summed E-state index contributed by atoms with van der Waals surface area (Å²) in [5, 5.41) is 12.6. The molecule has 2 rings (SSSR count). The monoisotopic (exact) mass is 317 g/mol. The third-order valence-corrected chi connectivity index (χ3v) is 3.81. The molecule has 0 radical (unpaired) electrons. The number of benzene rings is 1. The molecule has 1 heterocycles. The van der Waals surface area contributed by atoms with Crippen LogP contribution in [0.4, 0.5) is 5.69 Å². The van der Waals surface area contributed by atoms with Crippen molar-refractivity contribution in [1.82, 2.24) is 0 Å². The second-order valence-corrected chi connectivity index (χ2v) is 5.58. The molecule has 1 unspecified atom stereocenters. The largest absolute Gasteiger partial charge is 0.481 e. The predicted molar refractivity (Wildman–Crippen MR) is 75.2 cm³/mol. The van der Waals surface area contributed by atoms with Crippen molar-refractivity contribution >= 4 is 40.8 Å². The number of anilines is 1. The fourth-order valence-electron chi connectivity index (χ4n) is 2.08. The van der Waals surface area contributed by atoms with Crippen molar-refractivity contribution in [2.24, 2.45) is 5.41 Å². The lowest BCUT2D eigenvalue weighted by molar-refractivity contribution is -0.151. The minimum absolute atomic E-state index is 0.0457. The molecule has 5 nitrogen and oxygen atoms in total. The Morgan fingerprint density at radius 3 is 2.70 bits per heavy atom. The number of carbonyl (C=O) groups excluding carboxylic acids is 1. The van der Waals surface area contributed by atoms with Gasteiger partial charge in [0.25, 0.3) is 0 Å². The second kappa shape index (κ2) is 5.99. The van der Waals surface area contributed by atoms with E-state index in [2.05, 4.69) is 5.32 Å².